The average molecular weight is 350 g/mol. The van der Waals surface area contributed by atoms with Crippen LogP contribution in [0.5, 0.6) is 5.75 Å². The molecule has 24 heavy (non-hydrogen) atoms. The quantitative estimate of drug-likeness (QED) is 0.630. The van der Waals surface area contributed by atoms with Crippen molar-refractivity contribution in [3.8, 4) is 5.75 Å². The molecule has 1 rings (SSSR count). The van der Waals surface area contributed by atoms with Crippen molar-refractivity contribution < 1.29 is 36.9 Å². The number of halogens is 4. The lowest BCUT2D eigenvalue weighted by atomic mass is 9.89. The molecule has 0 heterocycles. The van der Waals surface area contributed by atoms with Gasteiger partial charge in [0.15, 0.2) is 11.6 Å². The van der Waals surface area contributed by atoms with Crippen molar-refractivity contribution in [1.82, 2.24) is 0 Å². The number of benzene rings is 1. The van der Waals surface area contributed by atoms with Gasteiger partial charge in [-0.15, -0.1) is 0 Å². The Balaban J connectivity index is 3.36. The number of aliphatic hydroxyl groups is 1. The highest BCUT2D eigenvalue weighted by molar-refractivity contribution is 5.84. The van der Waals surface area contributed by atoms with Crippen LogP contribution in [-0.2, 0) is 9.53 Å². The summed E-state index contributed by atoms with van der Waals surface area (Å²) in [5.41, 5.74) is -3.85. The number of ether oxygens (including phenoxy) is 2. The van der Waals surface area contributed by atoms with E-state index in [4.69, 9.17) is 4.74 Å². The highest BCUT2D eigenvalue weighted by Gasteiger charge is 2.61. The first-order valence-electron chi connectivity index (χ1n) is 7.06. The Kier molecular flexibility index (Phi) is 6.36. The Labute approximate surface area is 136 Å². The van der Waals surface area contributed by atoms with E-state index in [0.717, 1.165) is 13.2 Å². The molecule has 1 aromatic carbocycles. The van der Waals surface area contributed by atoms with E-state index in [1.54, 1.807) is 0 Å². The normalized spacial score (nSPS) is 14.9. The molecule has 0 aliphatic rings. The summed E-state index contributed by atoms with van der Waals surface area (Å²) in [4.78, 5) is 11.7. The predicted octanol–water partition coefficient (Wildman–Crippen LogP) is 3.48. The van der Waals surface area contributed by atoms with Gasteiger partial charge < -0.3 is 14.6 Å². The summed E-state index contributed by atoms with van der Waals surface area (Å²) in [7, 11) is 1.16. The first-order chi connectivity index (χ1) is 11.1. The molecule has 1 atom stereocenters. The van der Waals surface area contributed by atoms with Gasteiger partial charge in [0, 0.05) is 12.0 Å². The van der Waals surface area contributed by atoms with Gasteiger partial charge in [-0.3, -0.25) is 0 Å². The molecule has 0 amide bonds. The van der Waals surface area contributed by atoms with Crippen LogP contribution in [0, 0.1) is 5.82 Å². The van der Waals surface area contributed by atoms with Crippen molar-refractivity contribution in [2.45, 2.75) is 32.0 Å². The highest BCUT2D eigenvalue weighted by atomic mass is 19.4. The number of esters is 1. The molecule has 134 valence electrons. The Morgan fingerprint density at radius 2 is 1.96 bits per heavy atom. The van der Waals surface area contributed by atoms with Gasteiger partial charge in [0.25, 0.3) is 5.60 Å². The molecule has 0 fully saturated rings. The number of carbonyl (C=O) groups excluding carboxylic acids is 1. The van der Waals surface area contributed by atoms with E-state index >= 15 is 0 Å². The highest BCUT2D eigenvalue weighted by Crippen LogP contribution is 2.41. The molecule has 8 heteroatoms. The van der Waals surface area contributed by atoms with Gasteiger partial charge >= 0.3 is 12.1 Å². The summed E-state index contributed by atoms with van der Waals surface area (Å²) in [6.45, 7) is 2.40. The fourth-order valence-corrected chi connectivity index (χ4v) is 2.14. The topological polar surface area (TPSA) is 55.8 Å². The van der Waals surface area contributed by atoms with Crippen molar-refractivity contribution in [2.75, 3.05) is 13.7 Å². The molecule has 0 aromatic heterocycles. The number of para-hydroxylation sites is 1. The zero-order valence-electron chi connectivity index (χ0n) is 13.4. The van der Waals surface area contributed by atoms with Crippen molar-refractivity contribution in [2.24, 2.45) is 0 Å². The van der Waals surface area contributed by atoms with Gasteiger partial charge in [0.05, 0.1) is 13.7 Å². The Morgan fingerprint density at radius 3 is 2.42 bits per heavy atom. The van der Waals surface area contributed by atoms with Gasteiger partial charge in [-0.2, -0.15) is 13.2 Å². The lowest BCUT2D eigenvalue weighted by Crippen LogP contribution is -2.53. The van der Waals surface area contributed by atoms with Crippen molar-refractivity contribution in [3.05, 3.63) is 35.7 Å². The second kappa shape index (κ2) is 7.65. The molecule has 0 aliphatic heterocycles. The molecule has 0 spiro atoms. The van der Waals surface area contributed by atoms with Gasteiger partial charge in [-0.05, 0) is 25.5 Å². The van der Waals surface area contributed by atoms with E-state index in [1.807, 2.05) is 0 Å². The fraction of sp³-hybridized carbons (Fsp3) is 0.438. The van der Waals surface area contributed by atoms with Crippen LogP contribution in [0.2, 0.25) is 0 Å². The third-order valence-corrected chi connectivity index (χ3v) is 3.39. The maximum atomic E-state index is 13.8. The summed E-state index contributed by atoms with van der Waals surface area (Å²) in [5, 5.41) is 9.97. The largest absolute Gasteiger partial charge is 0.493 e. The molecular formula is C16H18F4O4. The lowest BCUT2D eigenvalue weighted by Gasteiger charge is -2.29. The lowest BCUT2D eigenvalue weighted by molar-refractivity contribution is -0.260. The molecule has 0 saturated carbocycles. The van der Waals surface area contributed by atoms with Crippen molar-refractivity contribution in [1.29, 1.82) is 0 Å². The third-order valence-electron chi connectivity index (χ3n) is 3.39. The number of hydrogen-bond acceptors (Lipinski definition) is 4. The minimum atomic E-state index is -5.27. The summed E-state index contributed by atoms with van der Waals surface area (Å²) < 4.78 is 62.8. The number of alkyl halides is 3. The monoisotopic (exact) mass is 350 g/mol. The number of allylic oxidation sites excluding steroid dienone is 1. The maximum Gasteiger partial charge on any atom is 0.428 e. The van der Waals surface area contributed by atoms with Crippen LogP contribution in [-0.4, -0.2) is 36.6 Å². The Hall–Kier alpha value is -2.09. The van der Waals surface area contributed by atoms with Crippen LogP contribution >= 0.6 is 0 Å². The standard InChI is InChI=1S/C16H18F4O4/c1-4-10(11-7-6-8-12(17)13(11)23-3)9-15(22,16(18,19)20)14(21)24-5-2/h4,6-8,22H,5,9H2,1-3H3/b10-4-. The Morgan fingerprint density at radius 1 is 1.33 bits per heavy atom. The van der Waals surface area contributed by atoms with Crippen LogP contribution in [0.3, 0.4) is 0 Å². The Bertz CT molecular complexity index is 625. The first-order valence-corrected chi connectivity index (χ1v) is 7.06. The number of rotatable bonds is 6. The minimum absolute atomic E-state index is 0.00646. The summed E-state index contributed by atoms with van der Waals surface area (Å²) in [6.07, 6.45) is -5.16. The van der Waals surface area contributed by atoms with Crippen LogP contribution in [0.15, 0.2) is 24.3 Å². The molecule has 0 aliphatic carbocycles. The van der Waals surface area contributed by atoms with Crippen LogP contribution < -0.4 is 4.74 Å². The van der Waals surface area contributed by atoms with E-state index in [2.05, 4.69) is 4.74 Å². The molecule has 0 bridgehead atoms. The minimum Gasteiger partial charge on any atom is -0.493 e. The summed E-state index contributed by atoms with van der Waals surface area (Å²) in [5.74, 6) is -2.87. The van der Waals surface area contributed by atoms with Crippen molar-refractivity contribution in [3.63, 3.8) is 0 Å². The second-order valence-electron chi connectivity index (χ2n) is 4.89. The smallest absolute Gasteiger partial charge is 0.428 e. The van der Waals surface area contributed by atoms with E-state index in [0.29, 0.717) is 0 Å². The average Bonchev–Trinajstić information content (AvgIpc) is 2.51. The van der Waals surface area contributed by atoms with Crippen molar-refractivity contribution >= 4 is 11.5 Å². The fourth-order valence-electron chi connectivity index (χ4n) is 2.14. The zero-order valence-corrected chi connectivity index (χ0v) is 13.4. The van der Waals surface area contributed by atoms with Gasteiger partial charge in [-0.1, -0.05) is 18.2 Å². The number of hydrogen-bond donors (Lipinski definition) is 1. The second-order valence-corrected chi connectivity index (χ2v) is 4.89. The van der Waals surface area contributed by atoms with Gasteiger partial charge in [-0.25, -0.2) is 9.18 Å². The third kappa shape index (κ3) is 3.87. The molecule has 0 saturated heterocycles. The first kappa shape index (κ1) is 20.0. The molecule has 0 radical (unpaired) electrons. The van der Waals surface area contributed by atoms with Crippen LogP contribution in [0.25, 0.3) is 5.57 Å². The van der Waals surface area contributed by atoms with E-state index in [1.165, 1.54) is 32.1 Å². The van der Waals surface area contributed by atoms with E-state index in [9.17, 15) is 27.5 Å². The molecular weight excluding hydrogens is 332 g/mol. The van der Waals surface area contributed by atoms with Crippen LogP contribution in [0.4, 0.5) is 17.6 Å². The zero-order chi connectivity index (χ0) is 18.5. The predicted molar refractivity (Wildman–Crippen MR) is 78.9 cm³/mol. The number of carbonyl (C=O) groups is 1. The number of methoxy groups -OCH3 is 1. The van der Waals surface area contributed by atoms with E-state index in [-0.39, 0.29) is 23.5 Å². The van der Waals surface area contributed by atoms with Gasteiger partial charge in [0.2, 0.25) is 0 Å². The SMILES string of the molecule is C/C=C(/CC(O)(C(=O)OCC)C(F)(F)F)c1cccc(F)c1OC. The molecule has 4 nitrogen and oxygen atoms in total. The summed E-state index contributed by atoms with van der Waals surface area (Å²) >= 11 is 0. The van der Waals surface area contributed by atoms with Gasteiger partial charge in [0.1, 0.15) is 0 Å². The van der Waals surface area contributed by atoms with Crippen LogP contribution in [0.1, 0.15) is 25.8 Å². The maximum absolute atomic E-state index is 13.8. The summed E-state index contributed by atoms with van der Waals surface area (Å²) in [6, 6.07) is 3.70. The molecule has 1 unspecified atom stereocenters. The molecule has 1 aromatic rings. The van der Waals surface area contributed by atoms with E-state index < -0.39 is 30.0 Å². The molecule has 1 N–H and O–H groups in total.